The maximum atomic E-state index is 12.4. The predicted molar refractivity (Wildman–Crippen MR) is 135 cm³/mol. The van der Waals surface area contributed by atoms with E-state index in [0.29, 0.717) is 18.7 Å². The van der Waals surface area contributed by atoms with Gasteiger partial charge in [-0.3, -0.25) is 9.79 Å². The van der Waals surface area contributed by atoms with Gasteiger partial charge in [-0.25, -0.2) is 9.67 Å². The number of benzene rings is 1. The molecule has 0 aliphatic carbocycles. The van der Waals surface area contributed by atoms with Gasteiger partial charge < -0.3 is 20.7 Å². The summed E-state index contributed by atoms with van der Waals surface area (Å²) in [5, 5.41) is 14.3. The van der Waals surface area contributed by atoms with Crippen molar-refractivity contribution < 1.29 is 9.53 Å². The first-order chi connectivity index (χ1) is 15.0. The van der Waals surface area contributed by atoms with Gasteiger partial charge in [0.2, 0.25) is 0 Å². The Morgan fingerprint density at radius 1 is 1.41 bits per heavy atom. The van der Waals surface area contributed by atoms with Gasteiger partial charge in [0.15, 0.2) is 11.8 Å². The van der Waals surface area contributed by atoms with Crippen LogP contribution in [-0.2, 0) is 30.9 Å². The zero-order chi connectivity index (χ0) is 22.2. The number of carbonyl (C=O) groups excluding carboxylic acids is 1. The SMILES string of the molecule is CCC(C)NC(=O)c1cccc(CNC(=NC)NC2CCc3nc(COC)nn3C2)c1.I. The van der Waals surface area contributed by atoms with Crippen molar-refractivity contribution in [3.05, 3.63) is 47.0 Å². The Morgan fingerprint density at radius 2 is 2.22 bits per heavy atom. The van der Waals surface area contributed by atoms with E-state index in [1.54, 1.807) is 14.2 Å². The van der Waals surface area contributed by atoms with E-state index in [0.717, 1.165) is 49.0 Å². The largest absolute Gasteiger partial charge is 0.377 e. The van der Waals surface area contributed by atoms with Gasteiger partial charge in [-0.15, -0.1) is 24.0 Å². The van der Waals surface area contributed by atoms with Crippen LogP contribution in [-0.4, -0.2) is 52.9 Å². The molecule has 0 bridgehead atoms. The molecule has 1 amide bonds. The molecule has 2 aromatic rings. The number of halogens is 1. The van der Waals surface area contributed by atoms with Crippen LogP contribution in [0.2, 0.25) is 0 Å². The van der Waals surface area contributed by atoms with E-state index < -0.39 is 0 Å². The second kappa shape index (κ2) is 12.7. The molecule has 0 saturated heterocycles. The molecule has 1 aromatic heterocycles. The molecule has 32 heavy (non-hydrogen) atoms. The van der Waals surface area contributed by atoms with Crippen molar-refractivity contribution in [1.29, 1.82) is 0 Å². The van der Waals surface area contributed by atoms with E-state index >= 15 is 0 Å². The average molecular weight is 555 g/mol. The highest BCUT2D eigenvalue weighted by Gasteiger charge is 2.22. The summed E-state index contributed by atoms with van der Waals surface area (Å²) >= 11 is 0. The van der Waals surface area contributed by atoms with Crippen molar-refractivity contribution in [1.82, 2.24) is 30.7 Å². The first kappa shape index (κ1) is 26.0. The van der Waals surface area contributed by atoms with Crippen LogP contribution in [0, 0.1) is 0 Å². The summed E-state index contributed by atoms with van der Waals surface area (Å²) in [6, 6.07) is 8.03. The molecule has 0 spiro atoms. The lowest BCUT2D eigenvalue weighted by atomic mass is 10.1. The number of aromatic nitrogens is 3. The van der Waals surface area contributed by atoms with Crippen molar-refractivity contribution in [2.24, 2.45) is 4.99 Å². The van der Waals surface area contributed by atoms with Crippen LogP contribution >= 0.6 is 24.0 Å². The molecule has 10 heteroatoms. The summed E-state index contributed by atoms with van der Waals surface area (Å²) in [4.78, 5) is 21.2. The number of nitrogens with zero attached hydrogens (tertiary/aromatic N) is 4. The topological polar surface area (TPSA) is 105 Å². The second-order valence-corrected chi connectivity index (χ2v) is 7.85. The number of methoxy groups -OCH3 is 1. The first-order valence-corrected chi connectivity index (χ1v) is 10.8. The normalized spacial score (nSPS) is 16.5. The van der Waals surface area contributed by atoms with Crippen molar-refractivity contribution in [2.45, 2.75) is 64.9 Å². The van der Waals surface area contributed by atoms with Gasteiger partial charge in [-0.2, -0.15) is 5.10 Å². The lowest BCUT2D eigenvalue weighted by molar-refractivity contribution is 0.0939. The number of hydrogen-bond donors (Lipinski definition) is 3. The number of aliphatic imine (C=N–C) groups is 1. The zero-order valence-corrected chi connectivity index (χ0v) is 21.6. The Balaban J connectivity index is 0.00000363. The fourth-order valence-electron chi connectivity index (χ4n) is 3.47. The number of guanidine groups is 1. The number of fused-ring (bicyclic) bond motifs is 1. The number of nitrogens with one attached hydrogen (secondary N) is 3. The molecule has 1 aromatic carbocycles. The molecule has 2 heterocycles. The summed E-state index contributed by atoms with van der Waals surface area (Å²) in [6.45, 7) is 5.79. The Bertz CT molecular complexity index is 915. The molecular weight excluding hydrogens is 521 g/mol. The molecule has 0 fully saturated rings. The van der Waals surface area contributed by atoms with Gasteiger partial charge in [0.25, 0.3) is 5.91 Å². The number of carbonyl (C=O) groups is 1. The fraction of sp³-hybridized carbons (Fsp3) is 0.545. The van der Waals surface area contributed by atoms with Crippen LogP contribution in [0.3, 0.4) is 0 Å². The van der Waals surface area contributed by atoms with Gasteiger partial charge in [0.05, 0.1) is 6.54 Å². The van der Waals surface area contributed by atoms with Crippen LogP contribution in [0.1, 0.15) is 54.3 Å². The first-order valence-electron chi connectivity index (χ1n) is 10.8. The minimum absolute atomic E-state index is 0. The molecular formula is C22H34IN7O2. The predicted octanol–water partition coefficient (Wildman–Crippen LogP) is 2.25. The van der Waals surface area contributed by atoms with Gasteiger partial charge in [-0.1, -0.05) is 19.1 Å². The van der Waals surface area contributed by atoms with E-state index in [4.69, 9.17) is 4.74 Å². The molecule has 176 valence electrons. The molecule has 3 N–H and O–H groups in total. The lowest BCUT2D eigenvalue weighted by Crippen LogP contribution is -2.46. The van der Waals surface area contributed by atoms with Crippen molar-refractivity contribution in [3.8, 4) is 0 Å². The summed E-state index contributed by atoms with van der Waals surface area (Å²) in [5.74, 6) is 2.40. The smallest absolute Gasteiger partial charge is 0.251 e. The van der Waals surface area contributed by atoms with Crippen LogP contribution in [0.5, 0.6) is 0 Å². The van der Waals surface area contributed by atoms with E-state index in [-0.39, 0.29) is 42.0 Å². The third-order valence-electron chi connectivity index (χ3n) is 5.38. The van der Waals surface area contributed by atoms with Gasteiger partial charge in [-0.05, 0) is 37.5 Å². The molecule has 2 unspecified atom stereocenters. The van der Waals surface area contributed by atoms with Gasteiger partial charge >= 0.3 is 0 Å². The molecule has 1 aliphatic heterocycles. The van der Waals surface area contributed by atoms with Crippen molar-refractivity contribution >= 4 is 35.8 Å². The van der Waals surface area contributed by atoms with Crippen LogP contribution in [0.4, 0.5) is 0 Å². The molecule has 9 nitrogen and oxygen atoms in total. The Morgan fingerprint density at radius 3 is 2.94 bits per heavy atom. The highest BCUT2D eigenvalue weighted by Crippen LogP contribution is 2.13. The van der Waals surface area contributed by atoms with E-state index in [1.807, 2.05) is 35.9 Å². The van der Waals surface area contributed by atoms with Crippen LogP contribution in [0.15, 0.2) is 29.3 Å². The van der Waals surface area contributed by atoms with E-state index in [1.165, 1.54) is 0 Å². The van der Waals surface area contributed by atoms with Gasteiger partial charge in [0.1, 0.15) is 12.4 Å². The summed E-state index contributed by atoms with van der Waals surface area (Å²) < 4.78 is 7.07. The lowest BCUT2D eigenvalue weighted by Gasteiger charge is -2.25. The monoisotopic (exact) mass is 555 g/mol. The number of rotatable bonds is 8. The minimum atomic E-state index is -0.0441. The summed E-state index contributed by atoms with van der Waals surface area (Å²) in [5.41, 5.74) is 1.69. The number of hydrogen-bond acceptors (Lipinski definition) is 5. The highest BCUT2D eigenvalue weighted by molar-refractivity contribution is 14.0. The molecule has 3 rings (SSSR count). The van der Waals surface area contributed by atoms with E-state index in [2.05, 4.69) is 37.9 Å². The second-order valence-electron chi connectivity index (χ2n) is 7.85. The third kappa shape index (κ3) is 7.16. The van der Waals surface area contributed by atoms with E-state index in [9.17, 15) is 4.79 Å². The summed E-state index contributed by atoms with van der Waals surface area (Å²) in [6.07, 6.45) is 2.72. The molecule has 2 atom stereocenters. The molecule has 0 saturated carbocycles. The maximum Gasteiger partial charge on any atom is 0.251 e. The van der Waals surface area contributed by atoms with Crippen molar-refractivity contribution in [3.63, 3.8) is 0 Å². The zero-order valence-electron chi connectivity index (χ0n) is 19.2. The third-order valence-corrected chi connectivity index (χ3v) is 5.38. The quantitative estimate of drug-likeness (QED) is 0.262. The Hall–Kier alpha value is -2.21. The maximum absolute atomic E-state index is 12.4. The van der Waals surface area contributed by atoms with Gasteiger partial charge in [0, 0.05) is 44.8 Å². The summed E-state index contributed by atoms with van der Waals surface area (Å²) in [7, 11) is 3.40. The Labute approximate surface area is 206 Å². The van der Waals surface area contributed by atoms with Crippen molar-refractivity contribution in [2.75, 3.05) is 14.2 Å². The highest BCUT2D eigenvalue weighted by atomic mass is 127. The van der Waals surface area contributed by atoms with Crippen LogP contribution in [0.25, 0.3) is 0 Å². The van der Waals surface area contributed by atoms with Crippen LogP contribution < -0.4 is 16.0 Å². The molecule has 1 aliphatic rings. The number of ether oxygens (including phenoxy) is 1. The number of aryl methyl sites for hydroxylation is 1. The fourth-order valence-corrected chi connectivity index (χ4v) is 3.47. The number of amides is 1. The standard InChI is InChI=1S/C22H33N7O2.HI/c1-5-15(2)25-21(30)17-8-6-7-16(11-17)12-24-22(23-3)26-18-9-10-20-27-19(14-31-4)28-29(20)13-18;/h6-8,11,15,18H,5,9-10,12-14H2,1-4H3,(H,25,30)(H2,23,24,26);1H. The average Bonchev–Trinajstić information content (AvgIpc) is 3.18. The molecule has 0 radical (unpaired) electrons. The minimum Gasteiger partial charge on any atom is -0.377 e. The Kier molecular flexibility index (Phi) is 10.4.